The Bertz CT molecular complexity index is 624. The molecule has 0 N–H and O–H groups in total. The van der Waals surface area contributed by atoms with E-state index in [-0.39, 0.29) is 22.0 Å². The second kappa shape index (κ2) is 8.44. The lowest BCUT2D eigenvalue weighted by Gasteiger charge is -2.36. The molecule has 0 radical (unpaired) electrons. The van der Waals surface area contributed by atoms with Gasteiger partial charge in [0.05, 0.1) is 24.7 Å². The minimum Gasteiger partial charge on any atom is -0.492 e. The highest BCUT2D eigenvalue weighted by Crippen LogP contribution is 2.36. The first-order valence-corrected chi connectivity index (χ1v) is 11.0. The fraction of sp³-hybridized carbons (Fsp3) is 0.588. The number of methoxy groups -OCH3 is 1. The number of hydrogen-bond acceptors (Lipinski definition) is 6. The van der Waals surface area contributed by atoms with Crippen LogP contribution in [0.2, 0.25) is 18.1 Å². The molecule has 0 fully saturated rings. The molecular weight excluding hydrogens is 342 g/mol. The highest BCUT2D eigenvalue weighted by molar-refractivity contribution is 6.74. The molecular formula is C17H27NO6Si. The standard InChI is InChI=1S/C17H27NO6Si/c1-17(2,3)25(5,6)24-11-7-10-23-15-12-13(18(20)21)8-9-14(15)16(19)22-4/h8-9,12H,7,10-11H2,1-6H3. The van der Waals surface area contributed by atoms with E-state index in [1.165, 1.54) is 25.3 Å². The summed E-state index contributed by atoms with van der Waals surface area (Å²) < 4.78 is 16.3. The number of carbonyl (C=O) groups excluding carboxylic acids is 1. The average Bonchev–Trinajstić information content (AvgIpc) is 2.52. The number of rotatable bonds is 8. The van der Waals surface area contributed by atoms with Gasteiger partial charge in [-0.2, -0.15) is 0 Å². The molecule has 0 atom stereocenters. The van der Waals surface area contributed by atoms with E-state index >= 15 is 0 Å². The van der Waals surface area contributed by atoms with Gasteiger partial charge in [0.2, 0.25) is 0 Å². The number of nitro benzene ring substituents is 1. The Labute approximate surface area is 149 Å². The molecule has 1 aromatic rings. The van der Waals surface area contributed by atoms with Crippen molar-refractivity contribution in [3.63, 3.8) is 0 Å². The van der Waals surface area contributed by atoms with Crippen molar-refractivity contribution in [2.24, 2.45) is 0 Å². The predicted octanol–water partition coefficient (Wildman–Crippen LogP) is 4.17. The zero-order chi connectivity index (χ0) is 19.3. The number of benzene rings is 1. The minimum absolute atomic E-state index is 0.131. The van der Waals surface area contributed by atoms with Crippen LogP contribution in [0.15, 0.2) is 18.2 Å². The van der Waals surface area contributed by atoms with Crippen molar-refractivity contribution in [2.75, 3.05) is 20.3 Å². The molecule has 0 bridgehead atoms. The quantitative estimate of drug-likeness (QED) is 0.225. The molecule has 0 aliphatic rings. The van der Waals surface area contributed by atoms with Gasteiger partial charge in [0.25, 0.3) is 5.69 Å². The first-order valence-electron chi connectivity index (χ1n) is 8.13. The zero-order valence-corrected chi connectivity index (χ0v) is 16.8. The Morgan fingerprint density at radius 3 is 2.40 bits per heavy atom. The van der Waals surface area contributed by atoms with E-state index in [0.29, 0.717) is 19.6 Å². The fourth-order valence-electron chi connectivity index (χ4n) is 1.81. The number of nitro groups is 1. The molecule has 0 aromatic heterocycles. The normalized spacial score (nSPS) is 11.9. The lowest BCUT2D eigenvalue weighted by molar-refractivity contribution is -0.384. The molecule has 0 amide bonds. The number of non-ortho nitro benzene ring substituents is 1. The van der Waals surface area contributed by atoms with E-state index in [1.807, 2.05) is 0 Å². The summed E-state index contributed by atoms with van der Waals surface area (Å²) in [7, 11) is -0.561. The van der Waals surface area contributed by atoms with Crippen molar-refractivity contribution in [1.82, 2.24) is 0 Å². The van der Waals surface area contributed by atoms with Gasteiger partial charge in [-0.05, 0) is 24.2 Å². The third kappa shape index (κ3) is 5.82. The van der Waals surface area contributed by atoms with Crippen LogP contribution in [0.25, 0.3) is 0 Å². The highest BCUT2D eigenvalue weighted by Gasteiger charge is 2.36. The number of nitrogens with zero attached hydrogens (tertiary/aromatic N) is 1. The summed E-state index contributed by atoms with van der Waals surface area (Å²) in [6.45, 7) is 11.7. The van der Waals surface area contributed by atoms with Crippen LogP contribution in [0.5, 0.6) is 5.75 Å². The SMILES string of the molecule is COC(=O)c1ccc([N+](=O)[O-])cc1OCCCO[Si](C)(C)C(C)(C)C. The molecule has 0 heterocycles. The molecule has 25 heavy (non-hydrogen) atoms. The van der Waals surface area contributed by atoms with E-state index < -0.39 is 19.2 Å². The molecule has 1 aromatic carbocycles. The van der Waals surface area contributed by atoms with Gasteiger partial charge in [-0.3, -0.25) is 10.1 Å². The second-order valence-corrected chi connectivity index (χ2v) is 12.0. The zero-order valence-electron chi connectivity index (χ0n) is 15.8. The summed E-state index contributed by atoms with van der Waals surface area (Å²) in [5, 5.41) is 11.0. The molecule has 0 saturated heterocycles. The predicted molar refractivity (Wildman–Crippen MR) is 97.7 cm³/mol. The van der Waals surface area contributed by atoms with Gasteiger partial charge in [-0.1, -0.05) is 20.8 Å². The number of hydrogen-bond donors (Lipinski definition) is 0. The summed E-state index contributed by atoms with van der Waals surface area (Å²) in [4.78, 5) is 22.1. The van der Waals surface area contributed by atoms with E-state index in [2.05, 4.69) is 38.6 Å². The lowest BCUT2D eigenvalue weighted by Crippen LogP contribution is -2.41. The molecule has 7 nitrogen and oxygen atoms in total. The lowest BCUT2D eigenvalue weighted by atomic mass is 10.2. The first kappa shape index (κ1) is 21.1. The summed E-state index contributed by atoms with van der Waals surface area (Å²) >= 11 is 0. The van der Waals surface area contributed by atoms with Crippen LogP contribution >= 0.6 is 0 Å². The van der Waals surface area contributed by atoms with Gasteiger partial charge in [0.1, 0.15) is 11.3 Å². The molecule has 0 saturated carbocycles. The molecule has 8 heteroatoms. The van der Waals surface area contributed by atoms with Gasteiger partial charge < -0.3 is 13.9 Å². The Balaban J connectivity index is 2.68. The summed E-state index contributed by atoms with van der Waals surface area (Å²) in [5.41, 5.74) is 0.0265. The Hall–Kier alpha value is -1.93. The number of ether oxygens (including phenoxy) is 2. The van der Waals surface area contributed by atoms with Crippen molar-refractivity contribution in [3.05, 3.63) is 33.9 Å². The van der Waals surface area contributed by atoms with E-state index in [1.54, 1.807) is 0 Å². The fourth-order valence-corrected chi connectivity index (χ4v) is 2.90. The topological polar surface area (TPSA) is 87.9 Å². The maximum Gasteiger partial charge on any atom is 0.341 e. The molecule has 1 rings (SSSR count). The highest BCUT2D eigenvalue weighted by atomic mass is 28.4. The second-order valence-electron chi connectivity index (χ2n) is 7.24. The summed E-state index contributed by atoms with van der Waals surface area (Å²) in [6, 6.07) is 3.83. The van der Waals surface area contributed by atoms with Crippen LogP contribution < -0.4 is 4.74 Å². The number of esters is 1. The Kier molecular flexibility index (Phi) is 7.13. The summed E-state index contributed by atoms with van der Waals surface area (Å²) in [6.07, 6.45) is 0.621. The molecule has 0 spiro atoms. The van der Waals surface area contributed by atoms with E-state index in [9.17, 15) is 14.9 Å². The monoisotopic (exact) mass is 369 g/mol. The van der Waals surface area contributed by atoms with Gasteiger partial charge in [-0.25, -0.2) is 4.79 Å². The van der Waals surface area contributed by atoms with Crippen LogP contribution in [0.3, 0.4) is 0 Å². The van der Waals surface area contributed by atoms with E-state index in [4.69, 9.17) is 9.16 Å². The molecule has 0 unspecified atom stereocenters. The van der Waals surface area contributed by atoms with Crippen molar-refractivity contribution in [1.29, 1.82) is 0 Å². The third-order valence-corrected chi connectivity index (χ3v) is 8.93. The van der Waals surface area contributed by atoms with Crippen LogP contribution in [-0.4, -0.2) is 39.5 Å². The third-order valence-electron chi connectivity index (χ3n) is 4.40. The Morgan fingerprint density at radius 1 is 1.24 bits per heavy atom. The maximum atomic E-state index is 11.8. The molecule has 0 aliphatic carbocycles. The van der Waals surface area contributed by atoms with Gasteiger partial charge in [-0.15, -0.1) is 0 Å². The van der Waals surface area contributed by atoms with Gasteiger partial charge in [0.15, 0.2) is 8.32 Å². The van der Waals surface area contributed by atoms with Gasteiger partial charge >= 0.3 is 5.97 Å². The van der Waals surface area contributed by atoms with Crippen LogP contribution in [0.4, 0.5) is 5.69 Å². The van der Waals surface area contributed by atoms with Crippen molar-refractivity contribution >= 4 is 20.0 Å². The Morgan fingerprint density at radius 2 is 1.88 bits per heavy atom. The summed E-state index contributed by atoms with van der Waals surface area (Å²) in [5.74, 6) is -0.448. The first-order chi connectivity index (χ1) is 11.5. The molecule has 0 aliphatic heterocycles. The van der Waals surface area contributed by atoms with E-state index in [0.717, 1.165) is 0 Å². The van der Waals surface area contributed by atoms with Crippen molar-refractivity contribution in [2.45, 2.75) is 45.3 Å². The van der Waals surface area contributed by atoms with Crippen LogP contribution in [0.1, 0.15) is 37.6 Å². The minimum atomic E-state index is -1.81. The van der Waals surface area contributed by atoms with Crippen molar-refractivity contribution < 1.29 is 23.6 Å². The molecule has 140 valence electrons. The average molecular weight is 369 g/mol. The van der Waals surface area contributed by atoms with Crippen LogP contribution in [0, 0.1) is 10.1 Å². The largest absolute Gasteiger partial charge is 0.492 e. The van der Waals surface area contributed by atoms with Gasteiger partial charge in [0, 0.05) is 19.1 Å². The van der Waals surface area contributed by atoms with Crippen LogP contribution in [-0.2, 0) is 9.16 Å². The maximum absolute atomic E-state index is 11.8. The van der Waals surface area contributed by atoms with Crippen molar-refractivity contribution in [3.8, 4) is 5.75 Å². The number of carbonyl (C=O) groups is 1. The smallest absolute Gasteiger partial charge is 0.341 e.